The zero-order chi connectivity index (χ0) is 26.1. The highest BCUT2D eigenvalue weighted by atomic mass is 19.1. The van der Waals surface area contributed by atoms with E-state index in [9.17, 15) is 13.6 Å². The smallest absolute Gasteiger partial charge is 0.254 e. The lowest BCUT2D eigenvalue weighted by molar-refractivity contribution is 0.0705. The summed E-state index contributed by atoms with van der Waals surface area (Å²) in [5, 5.41) is 11.0. The van der Waals surface area contributed by atoms with Gasteiger partial charge in [0.05, 0.1) is 5.56 Å². The van der Waals surface area contributed by atoms with Gasteiger partial charge >= 0.3 is 0 Å². The van der Waals surface area contributed by atoms with Gasteiger partial charge in [-0.1, -0.05) is 11.6 Å². The van der Waals surface area contributed by atoms with Crippen LogP contribution in [0.3, 0.4) is 0 Å². The van der Waals surface area contributed by atoms with Crippen LogP contribution in [0.2, 0.25) is 0 Å². The summed E-state index contributed by atoms with van der Waals surface area (Å²) in [5.74, 6) is -0.799. The van der Waals surface area contributed by atoms with Crippen LogP contribution in [-0.2, 0) is 0 Å². The Balaban J connectivity index is 1.76. The lowest BCUT2D eigenvalue weighted by Gasteiger charge is -2.29. The number of nitrogens with one attached hydrogen (secondary N) is 2. The van der Waals surface area contributed by atoms with Crippen molar-refractivity contribution in [3.05, 3.63) is 95.0 Å². The Bertz CT molecular complexity index is 1220. The second-order valence-electron chi connectivity index (χ2n) is 8.59. The summed E-state index contributed by atoms with van der Waals surface area (Å²) in [6.07, 6.45) is 12.1. The Hall–Kier alpha value is -3.94. The monoisotopic (exact) mass is 491 g/mol. The minimum absolute atomic E-state index is 0.197. The topological polar surface area (TPSA) is 82.0 Å². The zero-order valence-corrected chi connectivity index (χ0v) is 20.8. The van der Waals surface area contributed by atoms with Gasteiger partial charge in [-0.3, -0.25) is 4.79 Å². The summed E-state index contributed by atoms with van der Waals surface area (Å²) in [6.45, 7) is 6.45. The van der Waals surface area contributed by atoms with E-state index >= 15 is 0 Å². The number of halogens is 2. The number of likely N-dealkylation sites (N-methyl/N-ethyl adjacent to an activating group) is 1. The van der Waals surface area contributed by atoms with E-state index in [0.29, 0.717) is 42.9 Å². The van der Waals surface area contributed by atoms with Crippen LogP contribution < -0.4 is 5.32 Å². The normalized spacial score (nSPS) is 19.4. The van der Waals surface area contributed by atoms with E-state index in [2.05, 4.69) is 15.3 Å². The first-order valence-electron chi connectivity index (χ1n) is 11.9. The van der Waals surface area contributed by atoms with Gasteiger partial charge in [-0.15, -0.1) is 0 Å². The van der Waals surface area contributed by atoms with E-state index in [4.69, 9.17) is 5.41 Å². The van der Waals surface area contributed by atoms with Crippen molar-refractivity contribution in [2.24, 2.45) is 0 Å². The van der Waals surface area contributed by atoms with Crippen molar-refractivity contribution in [1.29, 1.82) is 5.41 Å². The lowest BCUT2D eigenvalue weighted by Crippen LogP contribution is -2.43. The van der Waals surface area contributed by atoms with Gasteiger partial charge in [-0.2, -0.15) is 0 Å². The summed E-state index contributed by atoms with van der Waals surface area (Å²) in [5.41, 5.74) is 3.09. The molecule has 1 aromatic heterocycles. The van der Waals surface area contributed by atoms with Crippen LogP contribution in [0.1, 0.15) is 44.0 Å². The fraction of sp³-hybridized carbons (Fsp3) is 0.286. The Labute approximate surface area is 210 Å². The van der Waals surface area contributed by atoms with Crippen LogP contribution in [0.5, 0.6) is 0 Å². The molecule has 8 heteroatoms. The van der Waals surface area contributed by atoms with Crippen LogP contribution in [0.25, 0.3) is 11.4 Å². The number of benzene rings is 1. The maximum Gasteiger partial charge on any atom is 0.254 e. The molecule has 1 aliphatic rings. The highest BCUT2D eigenvalue weighted by molar-refractivity contribution is 6.00. The summed E-state index contributed by atoms with van der Waals surface area (Å²) in [6, 6.07) is 5.45. The third-order valence-electron chi connectivity index (χ3n) is 5.97. The minimum atomic E-state index is -0.513. The van der Waals surface area contributed by atoms with Crippen molar-refractivity contribution in [2.75, 3.05) is 13.1 Å². The van der Waals surface area contributed by atoms with Crippen molar-refractivity contribution in [1.82, 2.24) is 20.2 Å². The lowest BCUT2D eigenvalue weighted by atomic mass is 9.97. The number of nitrogens with zero attached hydrogens (tertiary/aromatic N) is 3. The number of aromatic nitrogens is 2. The molecule has 188 valence electrons. The van der Waals surface area contributed by atoms with Crippen molar-refractivity contribution in [3.63, 3.8) is 0 Å². The van der Waals surface area contributed by atoms with Crippen molar-refractivity contribution >= 4 is 12.1 Å². The first-order valence-corrected chi connectivity index (χ1v) is 11.9. The molecule has 1 aliphatic carbocycles. The maximum atomic E-state index is 14.1. The first kappa shape index (κ1) is 26.7. The molecule has 1 aromatic carbocycles. The molecule has 0 unspecified atom stereocenters. The Morgan fingerprint density at radius 3 is 2.67 bits per heavy atom. The molecule has 0 saturated carbocycles. The number of carbonyl (C=O) groups is 1. The van der Waals surface area contributed by atoms with E-state index in [1.807, 2.05) is 20.8 Å². The fourth-order valence-corrected chi connectivity index (χ4v) is 4.01. The Morgan fingerprint density at radius 2 is 1.97 bits per heavy atom. The average Bonchev–Trinajstić information content (AvgIpc) is 2.87. The molecule has 2 aromatic rings. The van der Waals surface area contributed by atoms with Crippen LogP contribution in [-0.4, -0.2) is 46.1 Å². The van der Waals surface area contributed by atoms with Gasteiger partial charge in [0.2, 0.25) is 0 Å². The molecule has 6 nitrogen and oxygen atoms in total. The molecule has 36 heavy (non-hydrogen) atoms. The predicted molar refractivity (Wildman–Crippen MR) is 139 cm³/mol. The summed E-state index contributed by atoms with van der Waals surface area (Å²) >= 11 is 0. The molecule has 1 amide bonds. The highest BCUT2D eigenvalue weighted by Crippen LogP contribution is 2.24. The number of allylic oxidation sites excluding steroid dienone is 7. The number of hydrogen-bond donors (Lipinski definition) is 2. The SMILES string of the molecule is CCN(C(=O)c1cc(F)ccc1-c1ncccn1)[C@@H](C)CN/C=C(C=N)/C1=C/C=C(F)\C=C(/C)CC1. The minimum Gasteiger partial charge on any atom is -0.388 e. The van der Waals surface area contributed by atoms with E-state index in [1.165, 1.54) is 36.6 Å². The van der Waals surface area contributed by atoms with Gasteiger partial charge in [0, 0.05) is 55.1 Å². The molecule has 0 saturated heterocycles. The van der Waals surface area contributed by atoms with E-state index in [-0.39, 0.29) is 23.3 Å². The van der Waals surface area contributed by atoms with Gasteiger partial charge in [-0.05, 0) is 75.6 Å². The first-order chi connectivity index (χ1) is 17.3. The molecular formula is C28H31F2N5O. The molecule has 0 fully saturated rings. The molecular weight excluding hydrogens is 460 g/mol. The van der Waals surface area contributed by atoms with Gasteiger partial charge < -0.3 is 15.6 Å². The molecule has 0 aliphatic heterocycles. The molecule has 3 rings (SSSR count). The van der Waals surface area contributed by atoms with Crippen molar-refractivity contribution < 1.29 is 13.6 Å². The number of carbonyl (C=O) groups excluding carboxylic acids is 1. The summed E-state index contributed by atoms with van der Waals surface area (Å²) < 4.78 is 28.0. The molecule has 0 radical (unpaired) electrons. The van der Waals surface area contributed by atoms with Crippen LogP contribution in [0, 0.1) is 11.2 Å². The number of hydrogen-bond acceptors (Lipinski definition) is 5. The largest absolute Gasteiger partial charge is 0.388 e. The summed E-state index contributed by atoms with van der Waals surface area (Å²) in [4.78, 5) is 23.5. The second kappa shape index (κ2) is 12.7. The summed E-state index contributed by atoms with van der Waals surface area (Å²) in [7, 11) is 0. The van der Waals surface area contributed by atoms with Crippen molar-refractivity contribution in [2.45, 2.75) is 39.7 Å². The van der Waals surface area contributed by atoms with E-state index < -0.39 is 5.82 Å². The van der Waals surface area contributed by atoms with Crippen molar-refractivity contribution in [3.8, 4) is 11.4 Å². The van der Waals surface area contributed by atoms with Crippen LogP contribution in [0.4, 0.5) is 8.78 Å². The van der Waals surface area contributed by atoms with Crippen LogP contribution >= 0.6 is 0 Å². The second-order valence-corrected chi connectivity index (χ2v) is 8.59. The quantitative estimate of drug-likeness (QED) is 0.436. The van der Waals surface area contributed by atoms with Gasteiger partial charge in [0.15, 0.2) is 5.82 Å². The Kier molecular flexibility index (Phi) is 9.39. The van der Waals surface area contributed by atoms with Gasteiger partial charge in [-0.25, -0.2) is 18.7 Å². The predicted octanol–water partition coefficient (Wildman–Crippen LogP) is 5.78. The van der Waals surface area contributed by atoms with E-state index in [0.717, 1.165) is 11.1 Å². The third kappa shape index (κ3) is 6.81. The highest BCUT2D eigenvalue weighted by Gasteiger charge is 2.24. The van der Waals surface area contributed by atoms with Gasteiger partial charge in [0.25, 0.3) is 5.91 Å². The fourth-order valence-electron chi connectivity index (χ4n) is 4.01. The van der Waals surface area contributed by atoms with Crippen LogP contribution in [0.15, 0.2) is 83.6 Å². The number of amides is 1. The molecule has 2 N–H and O–H groups in total. The van der Waals surface area contributed by atoms with Gasteiger partial charge in [0.1, 0.15) is 11.6 Å². The molecule has 0 spiro atoms. The number of rotatable bonds is 9. The Morgan fingerprint density at radius 1 is 1.22 bits per heavy atom. The van der Waals surface area contributed by atoms with E-state index in [1.54, 1.807) is 35.6 Å². The molecule has 1 atom stereocenters. The maximum absolute atomic E-state index is 14.1. The molecule has 1 heterocycles. The zero-order valence-electron chi connectivity index (χ0n) is 20.8. The average molecular weight is 492 g/mol. The third-order valence-corrected chi connectivity index (χ3v) is 5.97. The molecule has 0 bridgehead atoms. The standard InChI is InChI=1S/C28H31F2N5O/c1-4-35(28(36)26-15-24(30)10-11-25(26)27-33-12-5-13-34-27)20(3)17-32-18-22(16-31)21-7-6-19(2)14-23(29)9-8-21/h5,8-16,18,20,31-32H,4,6-7,17H2,1-3H3/b19-14+,21-8+,22-18+,23-9+,31-16?/t20-/m0/s1.